The second-order valence-corrected chi connectivity index (χ2v) is 6.97. The molecule has 3 N–H and O–H groups in total. The molecule has 0 bridgehead atoms. The van der Waals surface area contributed by atoms with Crippen LogP contribution in [0.3, 0.4) is 0 Å². The van der Waals surface area contributed by atoms with Crippen molar-refractivity contribution in [2.75, 3.05) is 23.3 Å². The Morgan fingerprint density at radius 2 is 1.96 bits per heavy atom. The summed E-state index contributed by atoms with van der Waals surface area (Å²) in [7, 11) is 0. The second-order valence-electron chi connectivity index (χ2n) is 6.97. The van der Waals surface area contributed by atoms with Gasteiger partial charge in [-0.05, 0) is 54.7 Å². The van der Waals surface area contributed by atoms with Crippen molar-refractivity contribution in [3.63, 3.8) is 0 Å². The molecule has 3 amide bonds. The number of furan rings is 1. The predicted molar refractivity (Wildman–Crippen MR) is 101 cm³/mol. The van der Waals surface area contributed by atoms with Crippen molar-refractivity contribution in [3.05, 3.63) is 47.4 Å². The van der Waals surface area contributed by atoms with Crippen molar-refractivity contribution < 1.29 is 23.9 Å². The standard InChI is InChI=1S/C20H21N3O5/c24-15(16-2-1-9-28-16)5-7-21-19(26)20(27)22-14-10-12-3-4-17(25)23-8-6-13(11-14)18(12)23/h1-2,9-11,15,24H,3-8H2,(H,21,26)(H,22,27). The van der Waals surface area contributed by atoms with Gasteiger partial charge in [0.25, 0.3) is 0 Å². The summed E-state index contributed by atoms with van der Waals surface area (Å²) in [6, 6.07) is 6.97. The normalized spacial score (nSPS) is 15.9. The summed E-state index contributed by atoms with van der Waals surface area (Å²) in [6.45, 7) is 0.803. The fraction of sp³-hybridized carbons (Fsp3) is 0.350. The van der Waals surface area contributed by atoms with Crippen LogP contribution in [0.5, 0.6) is 0 Å². The highest BCUT2D eigenvalue weighted by molar-refractivity contribution is 6.39. The first-order valence-corrected chi connectivity index (χ1v) is 9.30. The molecular weight excluding hydrogens is 362 g/mol. The molecule has 2 aromatic rings. The summed E-state index contributed by atoms with van der Waals surface area (Å²) in [5.41, 5.74) is 3.56. The largest absolute Gasteiger partial charge is 0.467 e. The van der Waals surface area contributed by atoms with E-state index in [-0.39, 0.29) is 18.9 Å². The third-order valence-electron chi connectivity index (χ3n) is 5.09. The lowest BCUT2D eigenvalue weighted by molar-refractivity contribution is -0.136. The van der Waals surface area contributed by atoms with Gasteiger partial charge in [0.15, 0.2) is 0 Å². The fourth-order valence-corrected chi connectivity index (χ4v) is 3.74. The fourth-order valence-electron chi connectivity index (χ4n) is 3.74. The summed E-state index contributed by atoms with van der Waals surface area (Å²) in [4.78, 5) is 38.0. The number of aliphatic hydroxyl groups excluding tert-OH is 1. The van der Waals surface area contributed by atoms with Crippen molar-refractivity contribution >= 4 is 29.1 Å². The minimum Gasteiger partial charge on any atom is -0.467 e. The van der Waals surface area contributed by atoms with Crippen LogP contribution in [0.15, 0.2) is 34.9 Å². The van der Waals surface area contributed by atoms with Crippen LogP contribution in [-0.4, -0.2) is 35.9 Å². The van der Waals surface area contributed by atoms with Gasteiger partial charge in [-0.15, -0.1) is 0 Å². The molecule has 0 saturated carbocycles. The van der Waals surface area contributed by atoms with Crippen LogP contribution >= 0.6 is 0 Å². The Labute approximate surface area is 161 Å². The van der Waals surface area contributed by atoms with E-state index in [4.69, 9.17) is 4.42 Å². The van der Waals surface area contributed by atoms with E-state index in [9.17, 15) is 19.5 Å². The van der Waals surface area contributed by atoms with E-state index in [1.54, 1.807) is 17.0 Å². The molecule has 1 unspecified atom stereocenters. The summed E-state index contributed by atoms with van der Waals surface area (Å²) < 4.78 is 5.09. The molecule has 28 heavy (non-hydrogen) atoms. The Morgan fingerprint density at radius 1 is 1.18 bits per heavy atom. The van der Waals surface area contributed by atoms with E-state index in [0.717, 1.165) is 23.2 Å². The molecule has 2 aliphatic heterocycles. The molecular formula is C20H21N3O5. The molecule has 0 fully saturated rings. The number of carbonyl (C=O) groups excluding carboxylic acids is 3. The lowest BCUT2D eigenvalue weighted by Gasteiger charge is -2.25. The molecule has 8 heteroatoms. The topological polar surface area (TPSA) is 112 Å². The Balaban J connectivity index is 1.34. The van der Waals surface area contributed by atoms with Gasteiger partial charge in [-0.25, -0.2) is 0 Å². The molecule has 2 aliphatic rings. The molecule has 0 aliphatic carbocycles. The number of hydrogen-bond acceptors (Lipinski definition) is 5. The molecule has 1 aromatic carbocycles. The van der Waals surface area contributed by atoms with Crippen molar-refractivity contribution in [1.29, 1.82) is 0 Å². The maximum atomic E-state index is 12.2. The van der Waals surface area contributed by atoms with Crippen LogP contribution in [0.25, 0.3) is 0 Å². The first-order chi connectivity index (χ1) is 13.5. The Kier molecular flexibility index (Phi) is 4.87. The third-order valence-corrected chi connectivity index (χ3v) is 5.09. The maximum Gasteiger partial charge on any atom is 0.313 e. The van der Waals surface area contributed by atoms with Crippen LogP contribution in [0.4, 0.5) is 11.4 Å². The quantitative estimate of drug-likeness (QED) is 0.674. The average molecular weight is 383 g/mol. The number of benzene rings is 1. The van der Waals surface area contributed by atoms with Gasteiger partial charge in [-0.1, -0.05) is 0 Å². The summed E-state index contributed by atoms with van der Waals surface area (Å²) in [6.07, 6.45) is 2.70. The highest BCUT2D eigenvalue weighted by Gasteiger charge is 2.31. The number of amides is 3. The van der Waals surface area contributed by atoms with Gasteiger partial charge in [0.1, 0.15) is 11.9 Å². The lowest BCUT2D eigenvalue weighted by Crippen LogP contribution is -2.36. The molecule has 4 rings (SSSR count). The Hall–Kier alpha value is -3.13. The third kappa shape index (κ3) is 3.50. The number of carbonyl (C=O) groups is 3. The molecule has 0 saturated heterocycles. The number of nitrogens with zero attached hydrogens (tertiary/aromatic N) is 1. The van der Waals surface area contributed by atoms with E-state index in [1.807, 2.05) is 12.1 Å². The van der Waals surface area contributed by atoms with Crippen LogP contribution in [0.2, 0.25) is 0 Å². The molecule has 3 heterocycles. The molecule has 0 spiro atoms. The van der Waals surface area contributed by atoms with Gasteiger partial charge in [0.05, 0.1) is 12.0 Å². The van der Waals surface area contributed by atoms with Crippen LogP contribution < -0.4 is 15.5 Å². The number of nitrogens with one attached hydrogen (secondary N) is 2. The van der Waals surface area contributed by atoms with Crippen molar-refractivity contribution in [3.8, 4) is 0 Å². The van der Waals surface area contributed by atoms with Crippen molar-refractivity contribution in [2.24, 2.45) is 0 Å². The van der Waals surface area contributed by atoms with Crippen LogP contribution in [0, 0.1) is 0 Å². The second kappa shape index (κ2) is 7.47. The number of anilines is 2. The zero-order chi connectivity index (χ0) is 19.7. The summed E-state index contributed by atoms with van der Waals surface area (Å²) >= 11 is 0. The van der Waals surface area contributed by atoms with E-state index < -0.39 is 17.9 Å². The number of aryl methyl sites for hydroxylation is 1. The molecule has 1 atom stereocenters. The van der Waals surface area contributed by atoms with Gasteiger partial charge in [0.2, 0.25) is 5.91 Å². The van der Waals surface area contributed by atoms with Crippen LogP contribution in [0.1, 0.15) is 35.8 Å². The van der Waals surface area contributed by atoms with E-state index in [2.05, 4.69) is 10.6 Å². The first kappa shape index (κ1) is 18.2. The molecule has 1 aromatic heterocycles. The van der Waals surface area contributed by atoms with Gasteiger partial charge in [-0.2, -0.15) is 0 Å². The Morgan fingerprint density at radius 3 is 2.71 bits per heavy atom. The Bertz CT molecular complexity index is 922. The maximum absolute atomic E-state index is 12.2. The van der Waals surface area contributed by atoms with Gasteiger partial charge < -0.3 is 25.1 Å². The zero-order valence-electron chi connectivity index (χ0n) is 15.2. The molecule has 8 nitrogen and oxygen atoms in total. The predicted octanol–water partition coefficient (Wildman–Crippen LogP) is 1.29. The number of hydrogen-bond donors (Lipinski definition) is 3. The van der Waals surface area contributed by atoms with E-state index >= 15 is 0 Å². The van der Waals surface area contributed by atoms with Crippen LogP contribution in [-0.2, 0) is 27.2 Å². The molecule has 146 valence electrons. The summed E-state index contributed by atoms with van der Waals surface area (Å²) in [5, 5.41) is 15.0. The average Bonchev–Trinajstić information content (AvgIpc) is 3.35. The van der Waals surface area contributed by atoms with Gasteiger partial charge in [0, 0.05) is 25.2 Å². The van der Waals surface area contributed by atoms with Gasteiger partial charge >= 0.3 is 11.8 Å². The SMILES string of the molecule is O=C(NCCC(O)c1ccco1)C(=O)Nc1cc2c3c(c1)CCN3C(=O)CC2. The minimum atomic E-state index is -0.839. The molecule has 0 radical (unpaired) electrons. The number of aliphatic hydroxyl groups is 1. The van der Waals surface area contributed by atoms with Gasteiger partial charge in [-0.3, -0.25) is 14.4 Å². The monoisotopic (exact) mass is 383 g/mol. The zero-order valence-corrected chi connectivity index (χ0v) is 15.2. The van der Waals surface area contributed by atoms with E-state index in [0.29, 0.717) is 30.8 Å². The summed E-state index contributed by atoms with van der Waals surface area (Å²) in [5.74, 6) is -0.976. The highest BCUT2D eigenvalue weighted by atomic mass is 16.4. The number of rotatable bonds is 5. The van der Waals surface area contributed by atoms with E-state index in [1.165, 1.54) is 6.26 Å². The smallest absolute Gasteiger partial charge is 0.313 e. The highest BCUT2D eigenvalue weighted by Crippen LogP contribution is 2.38. The first-order valence-electron chi connectivity index (χ1n) is 9.30. The lowest BCUT2D eigenvalue weighted by atomic mass is 9.98. The minimum absolute atomic E-state index is 0.138. The van der Waals surface area contributed by atoms with Crippen molar-refractivity contribution in [1.82, 2.24) is 5.32 Å². The van der Waals surface area contributed by atoms with Crippen molar-refractivity contribution in [2.45, 2.75) is 31.8 Å².